The van der Waals surface area contributed by atoms with Gasteiger partial charge in [-0.2, -0.15) is 0 Å². The summed E-state index contributed by atoms with van der Waals surface area (Å²) in [6.45, 7) is 3.95. The van der Waals surface area contributed by atoms with Gasteiger partial charge in [0, 0.05) is 25.2 Å². The molecule has 1 saturated carbocycles. The Morgan fingerprint density at radius 2 is 1.90 bits per heavy atom. The van der Waals surface area contributed by atoms with Gasteiger partial charge in [0.05, 0.1) is 28.8 Å². The number of carbonyl (C=O) groups excluding carboxylic acids is 1. The monoisotopic (exact) mass is 427 g/mol. The zero-order valence-electron chi connectivity index (χ0n) is 17.8. The van der Waals surface area contributed by atoms with Crippen molar-refractivity contribution in [3.8, 4) is 0 Å². The van der Waals surface area contributed by atoms with E-state index in [4.69, 9.17) is 11.5 Å². The number of halogens is 1. The van der Waals surface area contributed by atoms with E-state index in [9.17, 15) is 9.18 Å². The third kappa shape index (κ3) is 4.71. The molecule has 9 heteroatoms. The molecule has 3 heterocycles. The average Bonchev–Trinajstić information content (AvgIpc) is 3.27. The molecule has 1 amide bonds. The molecule has 0 spiro atoms. The van der Waals surface area contributed by atoms with E-state index < -0.39 is 11.7 Å². The standard InChI is InChI=1S/C22H30FN7O/c1-13-19(30-8-4-5-9-30)10-14(12-26-13)27-21-15(20(25)31)11-16(23)22(29-21)28-18-7-3-2-6-17(18)24/h10-12,17-18H,2-9,24H2,1H3,(H2,25,31)(H2,27,28,29)/t17-,18+/m0/s1. The number of primary amides is 1. The summed E-state index contributed by atoms with van der Waals surface area (Å²) in [6.07, 6.45) is 7.83. The Morgan fingerprint density at radius 1 is 1.16 bits per heavy atom. The number of nitrogens with zero attached hydrogens (tertiary/aromatic N) is 3. The Labute approximate surface area is 181 Å². The van der Waals surface area contributed by atoms with Gasteiger partial charge in [0.1, 0.15) is 5.82 Å². The highest BCUT2D eigenvalue weighted by atomic mass is 19.1. The van der Waals surface area contributed by atoms with Crippen molar-refractivity contribution in [1.29, 1.82) is 0 Å². The molecular formula is C22H30FN7O. The van der Waals surface area contributed by atoms with Crippen molar-refractivity contribution in [2.75, 3.05) is 28.6 Å². The number of rotatable bonds is 6. The first-order valence-electron chi connectivity index (χ1n) is 10.9. The van der Waals surface area contributed by atoms with Crippen molar-refractivity contribution in [3.05, 3.63) is 35.4 Å². The van der Waals surface area contributed by atoms with Crippen LogP contribution >= 0.6 is 0 Å². The first-order chi connectivity index (χ1) is 14.9. The molecule has 2 atom stereocenters. The highest BCUT2D eigenvalue weighted by Crippen LogP contribution is 2.30. The second kappa shape index (κ2) is 9.05. The van der Waals surface area contributed by atoms with Gasteiger partial charge in [-0.1, -0.05) is 12.8 Å². The highest BCUT2D eigenvalue weighted by Gasteiger charge is 2.25. The quantitative estimate of drug-likeness (QED) is 0.559. The largest absolute Gasteiger partial charge is 0.370 e. The van der Waals surface area contributed by atoms with Crippen LogP contribution in [0.4, 0.5) is 27.4 Å². The molecule has 0 radical (unpaired) electrons. The summed E-state index contributed by atoms with van der Waals surface area (Å²) in [5.74, 6) is -1.12. The van der Waals surface area contributed by atoms with E-state index >= 15 is 0 Å². The van der Waals surface area contributed by atoms with E-state index in [0.29, 0.717) is 5.69 Å². The van der Waals surface area contributed by atoms with E-state index in [2.05, 4.69) is 25.5 Å². The molecule has 6 N–H and O–H groups in total. The molecular weight excluding hydrogens is 397 g/mol. The van der Waals surface area contributed by atoms with E-state index in [-0.39, 0.29) is 29.3 Å². The van der Waals surface area contributed by atoms with Gasteiger partial charge in [0.15, 0.2) is 11.6 Å². The van der Waals surface area contributed by atoms with Crippen LogP contribution in [0.1, 0.15) is 54.6 Å². The summed E-state index contributed by atoms with van der Waals surface area (Å²) < 4.78 is 14.7. The molecule has 166 valence electrons. The molecule has 2 aliphatic rings. The lowest BCUT2D eigenvalue weighted by Gasteiger charge is -2.30. The van der Waals surface area contributed by atoms with Gasteiger partial charge in [0.25, 0.3) is 5.91 Å². The summed E-state index contributed by atoms with van der Waals surface area (Å²) in [6, 6.07) is 2.97. The van der Waals surface area contributed by atoms with Crippen LogP contribution in [0.25, 0.3) is 0 Å². The van der Waals surface area contributed by atoms with E-state index in [1.165, 1.54) is 0 Å². The van der Waals surface area contributed by atoms with Crippen LogP contribution < -0.4 is 27.0 Å². The zero-order valence-corrected chi connectivity index (χ0v) is 17.8. The first kappa shape index (κ1) is 21.3. The number of aryl methyl sites for hydroxylation is 1. The Morgan fingerprint density at radius 3 is 2.61 bits per heavy atom. The summed E-state index contributed by atoms with van der Waals surface area (Å²) in [5, 5.41) is 6.25. The highest BCUT2D eigenvalue weighted by molar-refractivity contribution is 5.98. The molecule has 2 aromatic rings. The van der Waals surface area contributed by atoms with Crippen LogP contribution in [0.15, 0.2) is 18.3 Å². The second-order valence-electron chi connectivity index (χ2n) is 8.43. The van der Waals surface area contributed by atoms with E-state index in [1.54, 1.807) is 6.20 Å². The van der Waals surface area contributed by atoms with Gasteiger partial charge < -0.3 is 27.0 Å². The molecule has 2 fully saturated rings. The predicted molar refractivity (Wildman–Crippen MR) is 120 cm³/mol. The fourth-order valence-electron chi connectivity index (χ4n) is 4.39. The predicted octanol–water partition coefficient (Wildman–Crippen LogP) is 3.05. The average molecular weight is 428 g/mol. The number of amides is 1. The lowest BCUT2D eigenvalue weighted by Crippen LogP contribution is -2.43. The van der Waals surface area contributed by atoms with Crippen LogP contribution in [0.2, 0.25) is 0 Å². The normalized spacial score (nSPS) is 21.2. The van der Waals surface area contributed by atoms with Gasteiger partial charge in [-0.15, -0.1) is 0 Å². The Bertz CT molecular complexity index is 961. The molecule has 1 saturated heterocycles. The third-order valence-corrected chi connectivity index (χ3v) is 6.15. The number of nitrogens with one attached hydrogen (secondary N) is 2. The zero-order chi connectivity index (χ0) is 22.0. The number of hydrogen-bond donors (Lipinski definition) is 4. The van der Waals surface area contributed by atoms with Crippen molar-refractivity contribution >= 4 is 28.9 Å². The number of nitrogens with two attached hydrogens (primary N) is 2. The molecule has 31 heavy (non-hydrogen) atoms. The lowest BCUT2D eigenvalue weighted by molar-refractivity contribution is 0.100. The molecule has 1 aliphatic heterocycles. The van der Waals surface area contributed by atoms with Crippen molar-refractivity contribution in [3.63, 3.8) is 0 Å². The maximum atomic E-state index is 14.7. The summed E-state index contributed by atoms with van der Waals surface area (Å²) in [7, 11) is 0. The Hall–Kier alpha value is -2.94. The van der Waals surface area contributed by atoms with Crippen LogP contribution in [0.3, 0.4) is 0 Å². The SMILES string of the molecule is Cc1ncc(Nc2nc(N[C@@H]3CCCC[C@@H]3N)c(F)cc2C(N)=O)cc1N1CCCC1. The van der Waals surface area contributed by atoms with Crippen LogP contribution in [0, 0.1) is 12.7 Å². The Kier molecular flexibility index (Phi) is 6.22. The van der Waals surface area contributed by atoms with Gasteiger partial charge in [-0.3, -0.25) is 9.78 Å². The summed E-state index contributed by atoms with van der Waals surface area (Å²) in [4.78, 5) is 23.1. The topological polar surface area (TPSA) is 122 Å². The molecule has 2 aromatic heterocycles. The maximum absolute atomic E-state index is 14.7. The van der Waals surface area contributed by atoms with Crippen LogP contribution in [-0.2, 0) is 0 Å². The van der Waals surface area contributed by atoms with Gasteiger partial charge >= 0.3 is 0 Å². The molecule has 0 unspecified atom stereocenters. The number of anilines is 4. The van der Waals surface area contributed by atoms with E-state index in [0.717, 1.165) is 69.1 Å². The minimum absolute atomic E-state index is 0.0145. The molecule has 0 bridgehead atoms. The van der Waals surface area contributed by atoms with Gasteiger partial charge in [-0.05, 0) is 44.7 Å². The minimum Gasteiger partial charge on any atom is -0.370 e. The van der Waals surface area contributed by atoms with Gasteiger partial charge in [-0.25, -0.2) is 9.37 Å². The smallest absolute Gasteiger partial charge is 0.252 e. The second-order valence-corrected chi connectivity index (χ2v) is 8.43. The number of hydrogen-bond acceptors (Lipinski definition) is 7. The lowest BCUT2D eigenvalue weighted by atomic mass is 9.91. The molecule has 4 rings (SSSR count). The van der Waals surface area contributed by atoms with Gasteiger partial charge in [0.2, 0.25) is 0 Å². The number of carbonyl (C=O) groups is 1. The molecule has 1 aliphatic carbocycles. The van der Waals surface area contributed by atoms with E-state index in [1.807, 2.05) is 13.0 Å². The molecule has 0 aromatic carbocycles. The maximum Gasteiger partial charge on any atom is 0.252 e. The minimum atomic E-state index is -0.755. The van der Waals surface area contributed by atoms with Crippen LogP contribution in [0.5, 0.6) is 0 Å². The molecule has 8 nitrogen and oxygen atoms in total. The number of pyridine rings is 2. The van der Waals surface area contributed by atoms with Crippen LogP contribution in [-0.4, -0.2) is 41.0 Å². The van der Waals surface area contributed by atoms with Crippen molar-refractivity contribution < 1.29 is 9.18 Å². The van der Waals surface area contributed by atoms with Crippen molar-refractivity contribution in [2.45, 2.75) is 57.5 Å². The van der Waals surface area contributed by atoms with Crippen molar-refractivity contribution in [1.82, 2.24) is 9.97 Å². The van der Waals surface area contributed by atoms with Crippen molar-refractivity contribution in [2.24, 2.45) is 11.5 Å². The number of aromatic nitrogens is 2. The Balaban J connectivity index is 1.63. The fourth-order valence-corrected chi connectivity index (χ4v) is 4.39. The summed E-state index contributed by atoms with van der Waals surface area (Å²) >= 11 is 0. The fraction of sp³-hybridized carbons (Fsp3) is 0.500. The summed E-state index contributed by atoms with van der Waals surface area (Å²) in [5.41, 5.74) is 14.3. The first-order valence-corrected chi connectivity index (χ1v) is 10.9. The third-order valence-electron chi connectivity index (χ3n) is 6.15.